The van der Waals surface area contributed by atoms with Crippen molar-refractivity contribution in [1.29, 1.82) is 0 Å². The molecule has 1 aromatic rings. The van der Waals surface area contributed by atoms with Crippen LogP contribution in [0.1, 0.15) is 24.0 Å². The molecule has 0 saturated carbocycles. The van der Waals surface area contributed by atoms with Gasteiger partial charge in [0.2, 0.25) is 0 Å². The molecular formula is C8H9NS. The van der Waals surface area contributed by atoms with Crippen molar-refractivity contribution in [3.63, 3.8) is 0 Å². The highest BCUT2D eigenvalue weighted by molar-refractivity contribution is 7.10. The van der Waals surface area contributed by atoms with Gasteiger partial charge in [-0.3, -0.25) is 0 Å². The minimum absolute atomic E-state index is 0.901. The second kappa shape index (κ2) is 3.38. The van der Waals surface area contributed by atoms with E-state index in [4.69, 9.17) is 0 Å². The van der Waals surface area contributed by atoms with Gasteiger partial charge in [-0.2, -0.15) is 0 Å². The second-order valence-electron chi connectivity index (χ2n) is 1.95. The Balaban J connectivity index is 2.76. The summed E-state index contributed by atoms with van der Waals surface area (Å²) < 4.78 is 0. The third-order valence-electron chi connectivity index (χ3n) is 0.991. The molecule has 0 aliphatic carbocycles. The van der Waals surface area contributed by atoms with Crippen LogP contribution in [0, 0.1) is 18.8 Å². The zero-order valence-corrected chi connectivity index (χ0v) is 6.96. The summed E-state index contributed by atoms with van der Waals surface area (Å²) >= 11 is 1.60. The normalized spacial score (nSPS) is 8.60. The van der Waals surface area contributed by atoms with Gasteiger partial charge in [0.15, 0.2) is 5.01 Å². The molecule has 0 N–H and O–H groups in total. The molecule has 1 aromatic heterocycles. The molecule has 0 aliphatic rings. The second-order valence-corrected chi connectivity index (χ2v) is 2.81. The number of rotatable bonds is 0. The smallest absolute Gasteiger partial charge is 0.167 e. The highest BCUT2D eigenvalue weighted by Crippen LogP contribution is 2.06. The molecule has 0 amide bonds. The first-order chi connectivity index (χ1) is 4.83. The molecule has 0 spiro atoms. The molecule has 0 aromatic carbocycles. The Bertz CT molecular complexity index is 264. The molecule has 0 unspecified atom stereocenters. The predicted octanol–water partition coefficient (Wildman–Crippen LogP) is 2.21. The Labute approximate surface area is 65.1 Å². The van der Waals surface area contributed by atoms with Crippen molar-refractivity contribution < 1.29 is 0 Å². The molecule has 1 heterocycles. The average Bonchev–Trinajstić information content (AvgIpc) is 2.31. The summed E-state index contributed by atoms with van der Waals surface area (Å²) in [5.74, 6) is 5.95. The Hall–Kier alpha value is -0.810. The quantitative estimate of drug-likeness (QED) is 0.518. The summed E-state index contributed by atoms with van der Waals surface area (Å²) in [6.07, 6.45) is 0.901. The monoisotopic (exact) mass is 151 g/mol. The Kier molecular flexibility index (Phi) is 2.47. The molecule has 0 aliphatic heterocycles. The van der Waals surface area contributed by atoms with Crippen LogP contribution in [0.4, 0.5) is 0 Å². The summed E-state index contributed by atoms with van der Waals surface area (Å²) in [5, 5.41) is 2.94. The van der Waals surface area contributed by atoms with Crippen LogP contribution in [-0.2, 0) is 0 Å². The van der Waals surface area contributed by atoms with Gasteiger partial charge in [-0.15, -0.1) is 11.3 Å². The average molecular weight is 151 g/mol. The molecule has 2 heteroatoms. The molecule has 0 bridgehead atoms. The van der Waals surface area contributed by atoms with Gasteiger partial charge in [0.1, 0.15) is 0 Å². The van der Waals surface area contributed by atoms with E-state index in [1.54, 1.807) is 11.3 Å². The van der Waals surface area contributed by atoms with Crippen LogP contribution in [0.5, 0.6) is 0 Å². The number of hydrogen-bond acceptors (Lipinski definition) is 2. The van der Waals surface area contributed by atoms with Gasteiger partial charge in [-0.25, -0.2) is 4.98 Å². The lowest BCUT2D eigenvalue weighted by atomic mass is 10.5. The molecule has 0 fully saturated rings. The van der Waals surface area contributed by atoms with Crippen LogP contribution in [0.15, 0.2) is 5.38 Å². The molecule has 0 saturated heterocycles. The van der Waals surface area contributed by atoms with Gasteiger partial charge in [0.25, 0.3) is 0 Å². The number of thiazole rings is 1. The highest BCUT2D eigenvalue weighted by Gasteiger charge is 1.90. The first-order valence-electron chi connectivity index (χ1n) is 3.24. The molecule has 0 atom stereocenters. The van der Waals surface area contributed by atoms with E-state index in [0.29, 0.717) is 0 Å². The van der Waals surface area contributed by atoms with Crippen LogP contribution < -0.4 is 0 Å². The maximum Gasteiger partial charge on any atom is 0.167 e. The fourth-order valence-electron chi connectivity index (χ4n) is 0.575. The Morgan fingerprint density at radius 2 is 2.50 bits per heavy atom. The third kappa shape index (κ3) is 1.85. The Morgan fingerprint density at radius 3 is 3.00 bits per heavy atom. The lowest BCUT2D eigenvalue weighted by Crippen LogP contribution is -1.71. The van der Waals surface area contributed by atoms with Crippen molar-refractivity contribution in [3.05, 3.63) is 16.1 Å². The summed E-state index contributed by atoms with van der Waals surface area (Å²) in [6.45, 7) is 4.01. The number of aryl methyl sites for hydroxylation is 1. The van der Waals surface area contributed by atoms with E-state index in [2.05, 4.69) is 16.8 Å². The molecular weight excluding hydrogens is 142 g/mol. The molecule has 10 heavy (non-hydrogen) atoms. The van der Waals surface area contributed by atoms with Gasteiger partial charge in [0.05, 0.1) is 0 Å². The van der Waals surface area contributed by atoms with Crippen molar-refractivity contribution in [1.82, 2.24) is 4.98 Å². The minimum atomic E-state index is 0.901. The van der Waals surface area contributed by atoms with Crippen molar-refractivity contribution in [3.8, 4) is 11.8 Å². The van der Waals surface area contributed by atoms with Gasteiger partial charge >= 0.3 is 0 Å². The third-order valence-corrected chi connectivity index (χ3v) is 1.87. The first-order valence-corrected chi connectivity index (χ1v) is 4.12. The SMILES string of the molecule is CCC#Cc1nc(C)cs1. The van der Waals surface area contributed by atoms with Crippen molar-refractivity contribution in [2.24, 2.45) is 0 Å². The van der Waals surface area contributed by atoms with E-state index in [0.717, 1.165) is 17.1 Å². The van der Waals surface area contributed by atoms with Crippen LogP contribution in [0.3, 0.4) is 0 Å². The molecule has 1 nitrogen and oxygen atoms in total. The van der Waals surface area contributed by atoms with E-state index < -0.39 is 0 Å². The lowest BCUT2D eigenvalue weighted by molar-refractivity contribution is 1.24. The standard InChI is InChI=1S/C8H9NS/c1-3-4-5-8-9-7(2)6-10-8/h6H,3H2,1-2H3. The van der Waals surface area contributed by atoms with Gasteiger partial charge in [-0.05, 0) is 12.8 Å². The summed E-state index contributed by atoms with van der Waals surface area (Å²) in [4.78, 5) is 4.19. The van der Waals surface area contributed by atoms with Crippen LogP contribution in [0.2, 0.25) is 0 Å². The van der Waals surface area contributed by atoms with E-state index in [1.807, 2.05) is 19.2 Å². The molecule has 1 rings (SSSR count). The maximum atomic E-state index is 4.19. The van der Waals surface area contributed by atoms with Crippen molar-refractivity contribution >= 4 is 11.3 Å². The van der Waals surface area contributed by atoms with Gasteiger partial charge in [-0.1, -0.05) is 12.8 Å². The number of nitrogens with zero attached hydrogens (tertiary/aromatic N) is 1. The summed E-state index contributed by atoms with van der Waals surface area (Å²) in [7, 11) is 0. The zero-order chi connectivity index (χ0) is 7.40. The first kappa shape index (κ1) is 7.30. The fraction of sp³-hybridized carbons (Fsp3) is 0.375. The summed E-state index contributed by atoms with van der Waals surface area (Å²) in [5.41, 5.74) is 1.06. The summed E-state index contributed by atoms with van der Waals surface area (Å²) in [6, 6.07) is 0. The number of hydrogen-bond donors (Lipinski definition) is 0. The minimum Gasteiger partial charge on any atom is -0.233 e. The van der Waals surface area contributed by atoms with E-state index in [1.165, 1.54) is 0 Å². The highest BCUT2D eigenvalue weighted by atomic mass is 32.1. The van der Waals surface area contributed by atoms with Crippen LogP contribution in [0.25, 0.3) is 0 Å². The topological polar surface area (TPSA) is 12.9 Å². The van der Waals surface area contributed by atoms with E-state index in [9.17, 15) is 0 Å². The van der Waals surface area contributed by atoms with E-state index in [-0.39, 0.29) is 0 Å². The predicted molar refractivity (Wildman–Crippen MR) is 44.0 cm³/mol. The van der Waals surface area contributed by atoms with Gasteiger partial charge in [0, 0.05) is 17.5 Å². The largest absolute Gasteiger partial charge is 0.233 e. The van der Waals surface area contributed by atoms with Crippen molar-refractivity contribution in [2.75, 3.05) is 0 Å². The van der Waals surface area contributed by atoms with E-state index >= 15 is 0 Å². The van der Waals surface area contributed by atoms with Gasteiger partial charge < -0.3 is 0 Å². The lowest BCUT2D eigenvalue weighted by Gasteiger charge is -1.74. The molecule has 0 radical (unpaired) electrons. The fourth-order valence-corrected chi connectivity index (χ4v) is 1.24. The van der Waals surface area contributed by atoms with Crippen LogP contribution >= 0.6 is 11.3 Å². The maximum absolute atomic E-state index is 4.19. The number of aromatic nitrogens is 1. The Morgan fingerprint density at radius 1 is 1.70 bits per heavy atom. The molecule has 52 valence electrons. The van der Waals surface area contributed by atoms with Crippen LogP contribution in [-0.4, -0.2) is 4.98 Å². The van der Waals surface area contributed by atoms with Crippen molar-refractivity contribution in [2.45, 2.75) is 20.3 Å². The zero-order valence-electron chi connectivity index (χ0n) is 6.14.